The van der Waals surface area contributed by atoms with Crippen molar-refractivity contribution in [2.45, 2.75) is 25.7 Å². The molecule has 0 aliphatic carbocycles. The maximum atomic E-state index is 4.36. The van der Waals surface area contributed by atoms with E-state index in [9.17, 15) is 0 Å². The molecule has 1 aliphatic rings. The summed E-state index contributed by atoms with van der Waals surface area (Å²) >= 11 is 0. The van der Waals surface area contributed by atoms with Gasteiger partial charge in [-0.05, 0) is 12.1 Å². The maximum absolute atomic E-state index is 4.36. The van der Waals surface area contributed by atoms with Crippen molar-refractivity contribution in [1.29, 1.82) is 0 Å². The molecule has 0 bridgehead atoms. The van der Waals surface area contributed by atoms with Crippen LogP contribution in [0.1, 0.15) is 5.69 Å². The second kappa shape index (κ2) is 4.90. The van der Waals surface area contributed by atoms with Gasteiger partial charge < -0.3 is 10.6 Å². The van der Waals surface area contributed by atoms with Crippen molar-refractivity contribution in [3.05, 3.63) is 24.0 Å². The first kappa shape index (κ1) is 12.2. The molecular weight excluding hydrogens is 226 g/mol. The smallest absolute Gasteiger partial charge is 0.129 e. The highest BCUT2D eigenvalue weighted by Crippen LogP contribution is 2.09. The Balaban J connectivity index is 1.99. The molecular formula is C13H19N3Si. The van der Waals surface area contributed by atoms with Crippen molar-refractivity contribution >= 4 is 13.8 Å². The Morgan fingerprint density at radius 3 is 2.59 bits per heavy atom. The standard InChI is InChI=1S/C13H19N3Si/c1-17(2,3)7-6-11-4-5-12(10-15-11)16-13-8-14-9-13/h4-5,10,13-14,16H,8-9H2,1-3H3. The number of nitrogens with one attached hydrogen (secondary N) is 2. The lowest BCUT2D eigenvalue weighted by Gasteiger charge is -2.28. The molecule has 0 saturated carbocycles. The van der Waals surface area contributed by atoms with Crippen molar-refractivity contribution in [2.24, 2.45) is 0 Å². The van der Waals surface area contributed by atoms with Crippen LogP contribution in [0.3, 0.4) is 0 Å². The fourth-order valence-electron chi connectivity index (χ4n) is 1.43. The Morgan fingerprint density at radius 1 is 1.35 bits per heavy atom. The zero-order chi connectivity index (χ0) is 12.3. The number of rotatable bonds is 2. The summed E-state index contributed by atoms with van der Waals surface area (Å²) in [5, 5.41) is 6.64. The summed E-state index contributed by atoms with van der Waals surface area (Å²) in [7, 11) is -1.30. The number of hydrogen-bond donors (Lipinski definition) is 2. The average Bonchev–Trinajstić information content (AvgIpc) is 2.21. The predicted molar refractivity (Wildman–Crippen MR) is 74.7 cm³/mol. The van der Waals surface area contributed by atoms with Crippen LogP contribution < -0.4 is 10.6 Å². The molecule has 1 saturated heterocycles. The monoisotopic (exact) mass is 245 g/mol. The lowest BCUT2D eigenvalue weighted by molar-refractivity contribution is 0.472. The predicted octanol–water partition coefficient (Wildman–Crippen LogP) is 1.69. The third kappa shape index (κ3) is 3.88. The summed E-state index contributed by atoms with van der Waals surface area (Å²) in [4.78, 5) is 4.36. The SMILES string of the molecule is C[Si](C)(C)C#Cc1ccc(NC2CNC2)cn1. The van der Waals surface area contributed by atoms with Crippen LogP contribution in [0.5, 0.6) is 0 Å². The number of anilines is 1. The minimum atomic E-state index is -1.30. The molecule has 3 nitrogen and oxygen atoms in total. The highest BCUT2D eigenvalue weighted by atomic mass is 28.3. The largest absolute Gasteiger partial charge is 0.379 e. The van der Waals surface area contributed by atoms with Crippen LogP contribution >= 0.6 is 0 Å². The summed E-state index contributed by atoms with van der Waals surface area (Å²) in [6.07, 6.45) is 1.87. The molecule has 2 heterocycles. The lowest BCUT2D eigenvalue weighted by Crippen LogP contribution is -2.51. The summed E-state index contributed by atoms with van der Waals surface area (Å²) in [6.45, 7) is 8.78. The Morgan fingerprint density at radius 2 is 2.12 bits per heavy atom. The molecule has 90 valence electrons. The summed E-state index contributed by atoms with van der Waals surface area (Å²) in [5.74, 6) is 3.15. The first-order chi connectivity index (χ1) is 8.03. The molecule has 17 heavy (non-hydrogen) atoms. The molecule has 0 spiro atoms. The van der Waals surface area contributed by atoms with Crippen LogP contribution in [-0.2, 0) is 0 Å². The van der Waals surface area contributed by atoms with E-state index in [1.165, 1.54) is 0 Å². The van der Waals surface area contributed by atoms with Crippen molar-refractivity contribution in [3.8, 4) is 11.5 Å². The van der Waals surface area contributed by atoms with Gasteiger partial charge in [0.2, 0.25) is 0 Å². The minimum absolute atomic E-state index is 0.552. The van der Waals surface area contributed by atoms with E-state index in [2.05, 4.69) is 52.8 Å². The summed E-state index contributed by atoms with van der Waals surface area (Å²) in [5.41, 5.74) is 5.26. The van der Waals surface area contributed by atoms with E-state index in [-0.39, 0.29) is 0 Å². The Labute approximate surface area is 104 Å². The molecule has 1 aromatic heterocycles. The van der Waals surface area contributed by atoms with Gasteiger partial charge in [-0.15, -0.1) is 5.54 Å². The van der Waals surface area contributed by atoms with E-state index >= 15 is 0 Å². The minimum Gasteiger partial charge on any atom is -0.379 e. The third-order valence-corrected chi connectivity index (χ3v) is 3.36. The van der Waals surface area contributed by atoms with E-state index in [0.717, 1.165) is 24.5 Å². The highest BCUT2D eigenvalue weighted by molar-refractivity contribution is 6.83. The highest BCUT2D eigenvalue weighted by Gasteiger charge is 2.15. The Kier molecular flexibility index (Phi) is 3.51. The Hall–Kier alpha value is -1.31. The quantitative estimate of drug-likeness (QED) is 0.615. The van der Waals surface area contributed by atoms with Gasteiger partial charge >= 0.3 is 0 Å². The van der Waals surface area contributed by atoms with Crippen molar-refractivity contribution in [3.63, 3.8) is 0 Å². The first-order valence-corrected chi connectivity index (χ1v) is 9.49. The van der Waals surface area contributed by atoms with Crippen LogP contribution in [-0.4, -0.2) is 32.2 Å². The van der Waals surface area contributed by atoms with Crippen LogP contribution in [0.25, 0.3) is 0 Å². The summed E-state index contributed by atoms with van der Waals surface area (Å²) < 4.78 is 0. The van der Waals surface area contributed by atoms with Gasteiger partial charge in [-0.1, -0.05) is 25.6 Å². The fraction of sp³-hybridized carbons (Fsp3) is 0.462. The zero-order valence-corrected chi connectivity index (χ0v) is 11.7. The van der Waals surface area contributed by atoms with Crippen molar-refractivity contribution < 1.29 is 0 Å². The molecule has 0 radical (unpaired) electrons. The van der Waals surface area contributed by atoms with E-state index in [0.29, 0.717) is 6.04 Å². The normalized spacial score (nSPS) is 15.7. The number of nitrogens with zero attached hydrogens (tertiary/aromatic N) is 1. The molecule has 1 aliphatic heterocycles. The van der Waals surface area contributed by atoms with E-state index < -0.39 is 8.07 Å². The first-order valence-electron chi connectivity index (χ1n) is 5.99. The van der Waals surface area contributed by atoms with Crippen LogP contribution in [0.2, 0.25) is 19.6 Å². The summed E-state index contributed by atoms with van der Waals surface area (Å²) in [6, 6.07) is 4.59. The second-order valence-electron chi connectivity index (χ2n) is 5.43. The van der Waals surface area contributed by atoms with Gasteiger partial charge in [-0.25, -0.2) is 4.98 Å². The van der Waals surface area contributed by atoms with Gasteiger partial charge in [0, 0.05) is 13.1 Å². The topological polar surface area (TPSA) is 37.0 Å². The lowest BCUT2D eigenvalue weighted by atomic mass is 10.2. The van der Waals surface area contributed by atoms with Crippen molar-refractivity contribution in [1.82, 2.24) is 10.3 Å². The van der Waals surface area contributed by atoms with E-state index in [1.807, 2.05) is 12.3 Å². The number of aromatic nitrogens is 1. The van der Waals surface area contributed by atoms with Gasteiger partial charge in [0.1, 0.15) is 13.8 Å². The van der Waals surface area contributed by atoms with Crippen LogP contribution in [0, 0.1) is 11.5 Å². The molecule has 1 fully saturated rings. The van der Waals surface area contributed by atoms with Gasteiger partial charge in [-0.2, -0.15) is 0 Å². The van der Waals surface area contributed by atoms with Crippen LogP contribution in [0.4, 0.5) is 5.69 Å². The van der Waals surface area contributed by atoms with Gasteiger partial charge in [0.15, 0.2) is 0 Å². The molecule has 0 atom stereocenters. The van der Waals surface area contributed by atoms with Crippen molar-refractivity contribution in [2.75, 3.05) is 18.4 Å². The molecule has 1 aromatic rings. The van der Waals surface area contributed by atoms with E-state index in [4.69, 9.17) is 0 Å². The molecule has 0 unspecified atom stereocenters. The maximum Gasteiger partial charge on any atom is 0.129 e. The number of hydrogen-bond acceptors (Lipinski definition) is 3. The van der Waals surface area contributed by atoms with Gasteiger partial charge in [0.05, 0.1) is 17.9 Å². The van der Waals surface area contributed by atoms with Gasteiger partial charge in [-0.3, -0.25) is 0 Å². The third-order valence-electron chi connectivity index (χ3n) is 2.48. The molecule has 4 heteroatoms. The van der Waals surface area contributed by atoms with E-state index in [1.54, 1.807) is 0 Å². The zero-order valence-electron chi connectivity index (χ0n) is 10.7. The average molecular weight is 245 g/mol. The van der Waals surface area contributed by atoms with Crippen LogP contribution in [0.15, 0.2) is 18.3 Å². The second-order valence-corrected chi connectivity index (χ2v) is 10.2. The molecule has 0 aromatic carbocycles. The molecule has 2 rings (SSSR count). The Bertz CT molecular complexity index is 432. The van der Waals surface area contributed by atoms with Gasteiger partial charge in [0.25, 0.3) is 0 Å². The molecule has 0 amide bonds. The number of pyridine rings is 1. The fourth-order valence-corrected chi connectivity index (χ4v) is 1.93. The molecule has 2 N–H and O–H groups in total.